The van der Waals surface area contributed by atoms with Crippen LogP contribution in [0.15, 0.2) is 0 Å². The van der Waals surface area contributed by atoms with Crippen LogP contribution in [-0.4, -0.2) is 29.2 Å². The molecule has 3 saturated carbocycles. The van der Waals surface area contributed by atoms with Gasteiger partial charge in [-0.25, -0.2) is 0 Å². The van der Waals surface area contributed by atoms with Gasteiger partial charge in [0.15, 0.2) is 0 Å². The molecule has 2 N–H and O–H groups in total. The lowest BCUT2D eigenvalue weighted by Crippen LogP contribution is -2.52. The number of amides is 1. The first kappa shape index (κ1) is 11.2. The van der Waals surface area contributed by atoms with Crippen LogP contribution in [-0.2, 0) is 9.59 Å². The number of rotatable bonds is 2. The quantitative estimate of drug-likeness (QED) is 0.750. The summed E-state index contributed by atoms with van der Waals surface area (Å²) < 4.78 is 36.0. The van der Waals surface area contributed by atoms with Gasteiger partial charge in [-0.05, 0) is 25.2 Å². The minimum absolute atomic E-state index is 0.134. The highest BCUT2D eigenvalue weighted by Gasteiger charge is 2.63. The average Bonchev–Trinajstić information content (AvgIpc) is 2.55. The molecule has 4 nitrogen and oxygen atoms in total. The van der Waals surface area contributed by atoms with E-state index in [9.17, 15) is 22.8 Å². The van der Waals surface area contributed by atoms with Crippen molar-refractivity contribution in [1.29, 1.82) is 0 Å². The summed E-state index contributed by atoms with van der Waals surface area (Å²) in [5, 5.41) is 10.8. The summed E-state index contributed by atoms with van der Waals surface area (Å²) in [5.41, 5.74) is -1.16. The van der Waals surface area contributed by atoms with E-state index in [1.807, 2.05) is 0 Å². The van der Waals surface area contributed by atoms with E-state index in [1.54, 1.807) is 5.32 Å². The number of hydrogen-bond donors (Lipinski definition) is 2. The van der Waals surface area contributed by atoms with E-state index in [0.29, 0.717) is 19.3 Å². The van der Waals surface area contributed by atoms with Crippen LogP contribution in [0.1, 0.15) is 19.3 Å². The number of nitrogens with one attached hydrogen (secondary N) is 1. The smallest absolute Gasteiger partial charge is 0.471 e. The van der Waals surface area contributed by atoms with Crippen molar-refractivity contribution in [3.8, 4) is 0 Å². The highest BCUT2D eigenvalue weighted by atomic mass is 19.4. The van der Waals surface area contributed by atoms with Gasteiger partial charge in [0, 0.05) is 6.04 Å². The average molecular weight is 237 g/mol. The molecule has 3 aliphatic rings. The third-order valence-corrected chi connectivity index (χ3v) is 3.53. The molecule has 1 amide bonds. The third-order valence-electron chi connectivity index (χ3n) is 3.53. The van der Waals surface area contributed by atoms with Crippen LogP contribution in [0.25, 0.3) is 0 Å². The zero-order chi connectivity index (χ0) is 12.1. The number of alkyl halides is 3. The lowest BCUT2D eigenvalue weighted by Gasteiger charge is -2.37. The number of fused-ring (bicyclic) bond motifs is 1. The first-order valence-corrected chi connectivity index (χ1v) is 4.87. The van der Waals surface area contributed by atoms with E-state index < -0.39 is 29.5 Å². The number of carboxylic acids is 1. The number of halogens is 3. The Kier molecular flexibility index (Phi) is 2.18. The molecule has 0 aromatic heterocycles. The number of aliphatic carboxylic acids is 1. The van der Waals surface area contributed by atoms with Crippen molar-refractivity contribution in [2.24, 2.45) is 11.3 Å². The molecule has 0 saturated heterocycles. The summed E-state index contributed by atoms with van der Waals surface area (Å²) in [7, 11) is 0. The molecule has 0 aromatic carbocycles. The summed E-state index contributed by atoms with van der Waals surface area (Å²) >= 11 is 0. The van der Waals surface area contributed by atoms with Crippen LogP contribution in [0.2, 0.25) is 0 Å². The standard InChI is InChI=1S/C9H10F3NO3/c10-9(11,12)6(14)13-5-1-4-2-8(5,3-4)7(15)16/h4-5H,1-3H2,(H,13,14)(H,15,16). The van der Waals surface area contributed by atoms with Crippen molar-refractivity contribution in [3.63, 3.8) is 0 Å². The normalized spacial score (nSPS) is 36.7. The van der Waals surface area contributed by atoms with Gasteiger partial charge in [0.2, 0.25) is 0 Å². The second-order valence-electron chi connectivity index (χ2n) is 4.50. The topological polar surface area (TPSA) is 66.4 Å². The zero-order valence-corrected chi connectivity index (χ0v) is 8.17. The Hall–Kier alpha value is -1.27. The maximum Gasteiger partial charge on any atom is 0.471 e. The van der Waals surface area contributed by atoms with Gasteiger partial charge in [0.05, 0.1) is 5.41 Å². The monoisotopic (exact) mass is 237 g/mol. The highest BCUT2D eigenvalue weighted by Crippen LogP contribution is 2.58. The number of hydrogen-bond acceptors (Lipinski definition) is 2. The van der Waals surface area contributed by atoms with Crippen molar-refractivity contribution in [3.05, 3.63) is 0 Å². The molecule has 1 unspecified atom stereocenters. The Morgan fingerprint density at radius 2 is 1.88 bits per heavy atom. The molecule has 0 aromatic rings. The largest absolute Gasteiger partial charge is 0.481 e. The molecular weight excluding hydrogens is 227 g/mol. The second-order valence-corrected chi connectivity index (χ2v) is 4.50. The molecule has 3 aliphatic carbocycles. The van der Waals surface area contributed by atoms with Crippen molar-refractivity contribution in [1.82, 2.24) is 5.32 Å². The fourth-order valence-electron chi connectivity index (χ4n) is 2.74. The minimum Gasteiger partial charge on any atom is -0.481 e. The Balaban J connectivity index is 2.07. The van der Waals surface area contributed by atoms with E-state index in [-0.39, 0.29) is 5.92 Å². The summed E-state index contributed by atoms with van der Waals surface area (Å²) in [6, 6.07) is -0.885. The Morgan fingerprint density at radius 1 is 1.31 bits per heavy atom. The van der Waals surface area contributed by atoms with Gasteiger partial charge in [-0.15, -0.1) is 0 Å². The fourth-order valence-corrected chi connectivity index (χ4v) is 2.74. The van der Waals surface area contributed by atoms with Crippen LogP contribution in [0.4, 0.5) is 13.2 Å². The van der Waals surface area contributed by atoms with Crippen LogP contribution in [0, 0.1) is 11.3 Å². The maximum absolute atomic E-state index is 12.0. The van der Waals surface area contributed by atoms with E-state index in [1.165, 1.54) is 0 Å². The Morgan fingerprint density at radius 3 is 2.31 bits per heavy atom. The molecule has 16 heavy (non-hydrogen) atoms. The van der Waals surface area contributed by atoms with Crippen molar-refractivity contribution >= 4 is 11.9 Å². The lowest BCUT2D eigenvalue weighted by molar-refractivity contribution is -0.176. The maximum atomic E-state index is 12.0. The van der Waals surface area contributed by atoms with Crippen molar-refractivity contribution in [2.45, 2.75) is 31.5 Å². The molecule has 1 atom stereocenters. The fraction of sp³-hybridized carbons (Fsp3) is 0.778. The number of carbonyl (C=O) groups is 2. The Bertz CT molecular complexity index is 346. The molecule has 7 heteroatoms. The van der Waals surface area contributed by atoms with Gasteiger partial charge < -0.3 is 10.4 Å². The molecule has 3 rings (SSSR count). The first-order chi connectivity index (χ1) is 7.25. The predicted molar refractivity (Wildman–Crippen MR) is 45.4 cm³/mol. The molecule has 0 spiro atoms. The summed E-state index contributed by atoms with van der Waals surface area (Å²) in [5.74, 6) is -3.03. The predicted octanol–water partition coefficient (Wildman–Crippen LogP) is 0.918. The Labute approximate surface area is 88.8 Å². The van der Waals surface area contributed by atoms with Gasteiger partial charge in [0.25, 0.3) is 0 Å². The molecule has 3 fully saturated rings. The number of carbonyl (C=O) groups excluding carboxylic acids is 1. The van der Waals surface area contributed by atoms with Crippen LogP contribution < -0.4 is 5.32 Å². The lowest BCUT2D eigenvalue weighted by atomic mass is 9.68. The van der Waals surface area contributed by atoms with Crippen LogP contribution >= 0.6 is 0 Å². The highest BCUT2D eigenvalue weighted by molar-refractivity contribution is 5.84. The summed E-state index contributed by atoms with van der Waals surface area (Å²) in [4.78, 5) is 21.7. The van der Waals surface area contributed by atoms with Gasteiger partial charge in [-0.1, -0.05) is 0 Å². The molecule has 0 heterocycles. The summed E-state index contributed by atoms with van der Waals surface area (Å²) in [6.07, 6.45) is -3.89. The van der Waals surface area contributed by atoms with E-state index in [0.717, 1.165) is 0 Å². The molecule has 0 aliphatic heterocycles. The molecular formula is C9H10F3NO3. The SMILES string of the molecule is O=C(NC1CC2CC1(C(=O)O)C2)C(F)(F)F. The minimum atomic E-state index is -4.95. The molecule has 90 valence electrons. The first-order valence-electron chi connectivity index (χ1n) is 4.87. The molecule has 2 bridgehead atoms. The van der Waals surface area contributed by atoms with Gasteiger partial charge >= 0.3 is 18.1 Å². The second kappa shape index (κ2) is 3.11. The van der Waals surface area contributed by atoms with Crippen LogP contribution in [0.5, 0.6) is 0 Å². The zero-order valence-electron chi connectivity index (χ0n) is 8.17. The number of carboxylic acid groups (broad SMARTS) is 1. The van der Waals surface area contributed by atoms with Crippen molar-refractivity contribution in [2.75, 3.05) is 0 Å². The third kappa shape index (κ3) is 1.45. The van der Waals surface area contributed by atoms with E-state index in [2.05, 4.69) is 0 Å². The van der Waals surface area contributed by atoms with Crippen LogP contribution in [0.3, 0.4) is 0 Å². The summed E-state index contributed by atoms with van der Waals surface area (Å²) in [6.45, 7) is 0. The van der Waals surface area contributed by atoms with Gasteiger partial charge in [0.1, 0.15) is 0 Å². The van der Waals surface area contributed by atoms with Gasteiger partial charge in [-0.3, -0.25) is 9.59 Å². The van der Waals surface area contributed by atoms with E-state index in [4.69, 9.17) is 5.11 Å². The van der Waals surface area contributed by atoms with Crippen molar-refractivity contribution < 1.29 is 27.9 Å². The van der Waals surface area contributed by atoms with E-state index >= 15 is 0 Å². The van der Waals surface area contributed by atoms with Gasteiger partial charge in [-0.2, -0.15) is 13.2 Å². The molecule has 0 radical (unpaired) electrons.